The molecule has 0 aromatic heterocycles. The average molecular weight is 235 g/mol. The normalized spacial score (nSPS) is 9.41. The summed E-state index contributed by atoms with van der Waals surface area (Å²) in [6, 6.07) is 5.24. The summed E-state index contributed by atoms with van der Waals surface area (Å²) in [6.07, 6.45) is 1.53. The van der Waals surface area contributed by atoms with Crippen molar-refractivity contribution in [1.29, 1.82) is 0 Å². The fourth-order valence-electron chi connectivity index (χ4n) is 1.34. The lowest BCUT2D eigenvalue weighted by molar-refractivity contribution is -0.112. The van der Waals surface area contributed by atoms with Crippen molar-refractivity contribution in [2.75, 3.05) is 19.5 Å². The molecule has 0 unspecified atom stereocenters. The molecule has 0 heterocycles. The molecule has 92 valence electrons. The second-order valence-electron chi connectivity index (χ2n) is 3.78. The average Bonchev–Trinajstić information content (AvgIpc) is 2.27. The van der Waals surface area contributed by atoms with Crippen molar-refractivity contribution < 1.29 is 14.3 Å². The molecule has 0 atom stereocenters. The minimum Gasteiger partial charge on any atom is -0.497 e. The minimum atomic E-state index is -0.184. The Morgan fingerprint density at radius 1 is 1.24 bits per heavy atom. The smallest absolute Gasteiger partial charge is 0.248 e. The van der Waals surface area contributed by atoms with Gasteiger partial charge in [0.25, 0.3) is 0 Å². The number of carbonyl (C=O) groups excluding carboxylic acids is 1. The van der Waals surface area contributed by atoms with Gasteiger partial charge >= 0.3 is 0 Å². The number of anilines is 1. The fraction of sp³-hybridized carbons (Fsp3) is 0.308. The SMILES string of the molecule is COc1ccc(OC)c(NC(=O)C=C(C)C)c1. The summed E-state index contributed by atoms with van der Waals surface area (Å²) in [6.45, 7) is 3.73. The van der Waals surface area contributed by atoms with Gasteiger partial charge in [0, 0.05) is 12.1 Å². The molecular weight excluding hydrogens is 218 g/mol. The maximum atomic E-state index is 11.6. The number of hydrogen-bond donors (Lipinski definition) is 1. The Morgan fingerprint density at radius 2 is 1.94 bits per heavy atom. The number of hydrogen-bond acceptors (Lipinski definition) is 3. The van der Waals surface area contributed by atoms with E-state index in [1.807, 2.05) is 13.8 Å². The van der Waals surface area contributed by atoms with Crippen LogP contribution in [0.25, 0.3) is 0 Å². The molecule has 0 aliphatic heterocycles. The number of amides is 1. The molecule has 4 heteroatoms. The molecule has 0 aliphatic rings. The molecule has 0 spiro atoms. The minimum absolute atomic E-state index is 0.184. The van der Waals surface area contributed by atoms with Gasteiger partial charge < -0.3 is 14.8 Å². The van der Waals surface area contributed by atoms with Crippen LogP contribution >= 0.6 is 0 Å². The topological polar surface area (TPSA) is 47.6 Å². The van der Waals surface area contributed by atoms with Gasteiger partial charge in [-0.3, -0.25) is 4.79 Å². The van der Waals surface area contributed by atoms with Crippen LogP contribution in [0.1, 0.15) is 13.8 Å². The first kappa shape index (κ1) is 13.1. The predicted octanol–water partition coefficient (Wildman–Crippen LogP) is 2.61. The van der Waals surface area contributed by atoms with Gasteiger partial charge in [0.05, 0.1) is 19.9 Å². The monoisotopic (exact) mass is 235 g/mol. The Hall–Kier alpha value is -1.97. The highest BCUT2D eigenvalue weighted by Gasteiger charge is 2.07. The van der Waals surface area contributed by atoms with Gasteiger partial charge in [0.2, 0.25) is 5.91 Å². The van der Waals surface area contributed by atoms with E-state index in [2.05, 4.69) is 5.32 Å². The van der Waals surface area contributed by atoms with Crippen LogP contribution < -0.4 is 14.8 Å². The molecule has 0 bridgehead atoms. The van der Waals surface area contributed by atoms with E-state index in [1.165, 1.54) is 6.08 Å². The van der Waals surface area contributed by atoms with E-state index in [4.69, 9.17) is 9.47 Å². The van der Waals surface area contributed by atoms with Gasteiger partial charge in [0.1, 0.15) is 11.5 Å². The number of benzene rings is 1. The summed E-state index contributed by atoms with van der Waals surface area (Å²) in [5.74, 6) is 1.08. The van der Waals surface area contributed by atoms with Crippen molar-refractivity contribution in [3.05, 3.63) is 29.8 Å². The van der Waals surface area contributed by atoms with Crippen molar-refractivity contribution >= 4 is 11.6 Å². The lowest BCUT2D eigenvalue weighted by Crippen LogP contribution is -2.09. The second-order valence-corrected chi connectivity index (χ2v) is 3.78. The second kappa shape index (κ2) is 5.94. The zero-order valence-corrected chi connectivity index (χ0v) is 10.5. The molecule has 0 radical (unpaired) electrons. The van der Waals surface area contributed by atoms with Crippen LogP contribution in [0.15, 0.2) is 29.8 Å². The third-order valence-corrected chi connectivity index (χ3v) is 2.08. The van der Waals surface area contributed by atoms with Crippen molar-refractivity contribution in [3.8, 4) is 11.5 Å². The van der Waals surface area contributed by atoms with Gasteiger partial charge in [-0.15, -0.1) is 0 Å². The van der Waals surface area contributed by atoms with Gasteiger partial charge in [0.15, 0.2) is 0 Å². The highest BCUT2D eigenvalue weighted by molar-refractivity contribution is 6.00. The summed E-state index contributed by atoms with van der Waals surface area (Å²) in [4.78, 5) is 11.6. The van der Waals surface area contributed by atoms with Crippen LogP contribution in [-0.4, -0.2) is 20.1 Å². The van der Waals surface area contributed by atoms with E-state index >= 15 is 0 Å². The van der Waals surface area contributed by atoms with Crippen molar-refractivity contribution in [2.45, 2.75) is 13.8 Å². The Balaban J connectivity index is 2.95. The van der Waals surface area contributed by atoms with Crippen LogP contribution in [0, 0.1) is 0 Å². The number of nitrogens with one attached hydrogen (secondary N) is 1. The molecule has 0 saturated carbocycles. The van der Waals surface area contributed by atoms with Crippen LogP contribution in [0.5, 0.6) is 11.5 Å². The first-order valence-electron chi connectivity index (χ1n) is 5.24. The largest absolute Gasteiger partial charge is 0.497 e. The summed E-state index contributed by atoms with van der Waals surface area (Å²) in [5, 5.41) is 2.75. The molecule has 0 saturated heterocycles. The summed E-state index contributed by atoms with van der Waals surface area (Å²) < 4.78 is 10.3. The Morgan fingerprint density at radius 3 is 2.47 bits per heavy atom. The van der Waals surface area contributed by atoms with Crippen molar-refractivity contribution in [1.82, 2.24) is 0 Å². The van der Waals surface area contributed by atoms with Gasteiger partial charge in [-0.05, 0) is 26.0 Å². The first-order chi connectivity index (χ1) is 8.06. The molecule has 1 N–H and O–H groups in total. The lowest BCUT2D eigenvalue weighted by atomic mass is 10.2. The van der Waals surface area contributed by atoms with Crippen LogP contribution in [0.4, 0.5) is 5.69 Å². The highest BCUT2D eigenvalue weighted by atomic mass is 16.5. The molecule has 0 fully saturated rings. The van der Waals surface area contributed by atoms with E-state index in [-0.39, 0.29) is 5.91 Å². The van der Waals surface area contributed by atoms with Crippen LogP contribution in [-0.2, 0) is 4.79 Å². The molecule has 17 heavy (non-hydrogen) atoms. The lowest BCUT2D eigenvalue weighted by Gasteiger charge is -2.10. The third kappa shape index (κ3) is 3.83. The number of rotatable bonds is 4. The van der Waals surface area contributed by atoms with E-state index in [0.717, 1.165) is 5.57 Å². The van der Waals surface area contributed by atoms with Crippen molar-refractivity contribution in [3.63, 3.8) is 0 Å². The molecule has 1 aromatic rings. The molecule has 1 amide bonds. The third-order valence-electron chi connectivity index (χ3n) is 2.08. The molecule has 0 aliphatic carbocycles. The molecule has 1 aromatic carbocycles. The van der Waals surface area contributed by atoms with Gasteiger partial charge in [-0.2, -0.15) is 0 Å². The summed E-state index contributed by atoms with van der Waals surface area (Å²) in [7, 11) is 3.13. The maximum absolute atomic E-state index is 11.6. The quantitative estimate of drug-likeness (QED) is 0.816. The zero-order valence-electron chi connectivity index (χ0n) is 10.5. The van der Waals surface area contributed by atoms with E-state index in [1.54, 1.807) is 32.4 Å². The number of ether oxygens (including phenoxy) is 2. The Bertz CT molecular complexity index is 434. The fourth-order valence-corrected chi connectivity index (χ4v) is 1.34. The maximum Gasteiger partial charge on any atom is 0.248 e. The van der Waals surface area contributed by atoms with E-state index in [9.17, 15) is 4.79 Å². The van der Waals surface area contributed by atoms with Gasteiger partial charge in [-0.1, -0.05) is 5.57 Å². The molecular formula is C13H17NO3. The molecule has 1 rings (SSSR count). The first-order valence-corrected chi connectivity index (χ1v) is 5.24. The highest BCUT2D eigenvalue weighted by Crippen LogP contribution is 2.28. The zero-order chi connectivity index (χ0) is 12.8. The Kier molecular flexibility index (Phi) is 4.57. The van der Waals surface area contributed by atoms with E-state index in [0.29, 0.717) is 17.2 Å². The van der Waals surface area contributed by atoms with Gasteiger partial charge in [-0.25, -0.2) is 0 Å². The summed E-state index contributed by atoms with van der Waals surface area (Å²) in [5.41, 5.74) is 1.53. The number of carbonyl (C=O) groups is 1. The summed E-state index contributed by atoms with van der Waals surface area (Å²) >= 11 is 0. The standard InChI is InChI=1S/C13H17NO3/c1-9(2)7-13(15)14-11-8-10(16-3)5-6-12(11)17-4/h5-8H,1-4H3,(H,14,15). The number of allylic oxidation sites excluding steroid dienone is 1. The van der Waals surface area contributed by atoms with Crippen LogP contribution in [0.3, 0.4) is 0 Å². The van der Waals surface area contributed by atoms with Crippen LogP contribution in [0.2, 0.25) is 0 Å². The van der Waals surface area contributed by atoms with E-state index < -0.39 is 0 Å². The van der Waals surface area contributed by atoms with Crippen molar-refractivity contribution in [2.24, 2.45) is 0 Å². The molecule has 4 nitrogen and oxygen atoms in total. The Labute approximate surface area is 101 Å². The number of methoxy groups -OCH3 is 2. The predicted molar refractivity (Wildman–Crippen MR) is 67.6 cm³/mol.